The quantitative estimate of drug-likeness (QED) is 0.612. The van der Waals surface area contributed by atoms with Gasteiger partial charge in [-0.3, -0.25) is 4.99 Å². The largest absolute Gasteiger partial charge is 0.354 e. The van der Waals surface area contributed by atoms with Crippen LogP contribution in [0.25, 0.3) is 0 Å². The van der Waals surface area contributed by atoms with Gasteiger partial charge in [-0.05, 0) is 45.6 Å². The van der Waals surface area contributed by atoms with Crippen molar-refractivity contribution in [3.8, 4) is 0 Å². The molecule has 0 bridgehead atoms. The standard InChI is InChI=1S/C18H26FN5S/c1-12-17(25-13(2)23-12)11-22-18(20-3)21-10-16(24(4)5)14-6-8-15(19)9-7-14/h6-9,16H,10-11H2,1-5H3,(H2,20,21,22). The van der Waals surface area contributed by atoms with Gasteiger partial charge in [0.25, 0.3) is 0 Å². The van der Waals surface area contributed by atoms with E-state index in [1.54, 1.807) is 18.4 Å². The van der Waals surface area contributed by atoms with Crippen LogP contribution in [0.5, 0.6) is 0 Å². The smallest absolute Gasteiger partial charge is 0.191 e. The second-order valence-electron chi connectivity index (χ2n) is 6.08. The van der Waals surface area contributed by atoms with E-state index < -0.39 is 0 Å². The second-order valence-corrected chi connectivity index (χ2v) is 7.37. The third-order valence-electron chi connectivity index (χ3n) is 3.98. The Hall–Kier alpha value is -1.99. The van der Waals surface area contributed by atoms with Crippen molar-refractivity contribution in [2.24, 2.45) is 4.99 Å². The molecule has 5 nitrogen and oxygen atoms in total. The minimum Gasteiger partial charge on any atom is -0.354 e. The summed E-state index contributed by atoms with van der Waals surface area (Å²) in [5.41, 5.74) is 2.12. The fraction of sp³-hybridized carbons (Fsp3) is 0.444. The minimum absolute atomic E-state index is 0.117. The van der Waals surface area contributed by atoms with Gasteiger partial charge in [-0.2, -0.15) is 0 Å². The number of halogens is 1. The summed E-state index contributed by atoms with van der Waals surface area (Å²) in [6.45, 7) is 5.39. The van der Waals surface area contributed by atoms with Crippen LogP contribution in [0.3, 0.4) is 0 Å². The summed E-state index contributed by atoms with van der Waals surface area (Å²) in [5.74, 6) is 0.515. The first-order chi connectivity index (χ1) is 11.9. The van der Waals surface area contributed by atoms with Gasteiger partial charge >= 0.3 is 0 Å². The van der Waals surface area contributed by atoms with E-state index in [0.29, 0.717) is 13.1 Å². The molecule has 0 saturated carbocycles. The Kier molecular flexibility index (Phi) is 6.90. The predicted molar refractivity (Wildman–Crippen MR) is 103 cm³/mol. The van der Waals surface area contributed by atoms with Gasteiger partial charge in [0.05, 0.1) is 23.3 Å². The molecule has 25 heavy (non-hydrogen) atoms. The number of nitrogens with one attached hydrogen (secondary N) is 2. The normalized spacial score (nSPS) is 13.2. The van der Waals surface area contributed by atoms with E-state index in [1.807, 2.05) is 40.1 Å². The molecule has 136 valence electrons. The summed E-state index contributed by atoms with van der Waals surface area (Å²) in [4.78, 5) is 12.0. The Balaban J connectivity index is 1.95. The molecule has 0 amide bonds. The Bertz CT molecular complexity index is 709. The number of rotatable bonds is 6. The number of aromatic nitrogens is 1. The molecule has 2 rings (SSSR count). The third kappa shape index (κ3) is 5.51. The average molecular weight is 364 g/mol. The number of likely N-dealkylation sites (N-methyl/N-ethyl adjacent to an activating group) is 1. The van der Waals surface area contributed by atoms with Gasteiger partial charge in [0, 0.05) is 18.5 Å². The lowest BCUT2D eigenvalue weighted by Crippen LogP contribution is -2.41. The zero-order valence-corrected chi connectivity index (χ0v) is 16.2. The monoisotopic (exact) mass is 363 g/mol. The molecular weight excluding hydrogens is 337 g/mol. The lowest BCUT2D eigenvalue weighted by Gasteiger charge is -2.26. The first-order valence-electron chi connectivity index (χ1n) is 8.20. The minimum atomic E-state index is -0.220. The Morgan fingerprint density at radius 1 is 1.24 bits per heavy atom. The summed E-state index contributed by atoms with van der Waals surface area (Å²) >= 11 is 1.69. The summed E-state index contributed by atoms with van der Waals surface area (Å²) < 4.78 is 13.2. The Morgan fingerprint density at radius 2 is 1.92 bits per heavy atom. The van der Waals surface area contributed by atoms with E-state index in [1.165, 1.54) is 17.0 Å². The molecule has 1 unspecified atom stereocenters. The number of guanidine groups is 1. The molecule has 0 fully saturated rings. The van der Waals surface area contributed by atoms with Crippen molar-refractivity contribution in [2.75, 3.05) is 27.7 Å². The van der Waals surface area contributed by atoms with Crippen LogP contribution in [-0.2, 0) is 6.54 Å². The van der Waals surface area contributed by atoms with Gasteiger partial charge < -0.3 is 15.5 Å². The first-order valence-corrected chi connectivity index (χ1v) is 9.01. The van der Waals surface area contributed by atoms with Crippen LogP contribution in [0.2, 0.25) is 0 Å². The topological polar surface area (TPSA) is 52.6 Å². The Labute approximate surface area is 153 Å². The van der Waals surface area contributed by atoms with Crippen LogP contribution in [0.1, 0.15) is 27.2 Å². The molecule has 0 radical (unpaired) electrons. The van der Waals surface area contributed by atoms with E-state index in [2.05, 4.69) is 25.5 Å². The molecule has 7 heteroatoms. The van der Waals surface area contributed by atoms with Crippen molar-refractivity contribution >= 4 is 17.3 Å². The van der Waals surface area contributed by atoms with Crippen molar-refractivity contribution in [1.82, 2.24) is 20.5 Å². The highest BCUT2D eigenvalue weighted by atomic mass is 32.1. The van der Waals surface area contributed by atoms with Gasteiger partial charge in [-0.1, -0.05) is 12.1 Å². The van der Waals surface area contributed by atoms with Crippen molar-refractivity contribution in [2.45, 2.75) is 26.4 Å². The number of benzene rings is 1. The number of hydrogen-bond acceptors (Lipinski definition) is 4. The summed E-state index contributed by atoms with van der Waals surface area (Å²) in [6, 6.07) is 6.75. The molecule has 1 atom stereocenters. The number of nitrogens with zero attached hydrogens (tertiary/aromatic N) is 3. The summed E-state index contributed by atoms with van der Waals surface area (Å²) in [7, 11) is 5.77. The number of aryl methyl sites for hydroxylation is 2. The second kappa shape index (κ2) is 8.92. The number of aliphatic imine (C=N–C) groups is 1. The van der Waals surface area contributed by atoms with E-state index in [-0.39, 0.29) is 11.9 Å². The average Bonchev–Trinajstić information content (AvgIpc) is 2.89. The maximum Gasteiger partial charge on any atom is 0.191 e. The highest BCUT2D eigenvalue weighted by Crippen LogP contribution is 2.18. The molecule has 2 N–H and O–H groups in total. The molecule has 0 aliphatic heterocycles. The molecule has 1 aromatic carbocycles. The fourth-order valence-electron chi connectivity index (χ4n) is 2.60. The number of hydrogen-bond donors (Lipinski definition) is 2. The van der Waals surface area contributed by atoms with Crippen LogP contribution in [0, 0.1) is 19.7 Å². The number of thiazole rings is 1. The van der Waals surface area contributed by atoms with Gasteiger partial charge in [0.15, 0.2) is 5.96 Å². The van der Waals surface area contributed by atoms with Crippen molar-refractivity contribution in [3.05, 3.63) is 51.2 Å². The third-order valence-corrected chi connectivity index (χ3v) is 5.05. The van der Waals surface area contributed by atoms with Gasteiger partial charge in [-0.25, -0.2) is 9.37 Å². The SMILES string of the molecule is CN=C(NCc1sc(C)nc1C)NCC(c1ccc(F)cc1)N(C)C. The first kappa shape index (κ1) is 19.3. The Morgan fingerprint density at radius 3 is 2.44 bits per heavy atom. The molecule has 0 spiro atoms. The van der Waals surface area contributed by atoms with Gasteiger partial charge in [0.2, 0.25) is 0 Å². The summed E-state index contributed by atoms with van der Waals surface area (Å²) in [6.07, 6.45) is 0. The molecule has 0 aliphatic rings. The summed E-state index contributed by atoms with van der Waals surface area (Å²) in [5, 5.41) is 7.74. The van der Waals surface area contributed by atoms with Gasteiger partial charge in [0.1, 0.15) is 5.82 Å². The van der Waals surface area contributed by atoms with E-state index in [4.69, 9.17) is 0 Å². The van der Waals surface area contributed by atoms with Crippen LogP contribution in [-0.4, -0.2) is 43.5 Å². The van der Waals surface area contributed by atoms with Crippen LogP contribution in [0.15, 0.2) is 29.3 Å². The maximum absolute atomic E-state index is 13.2. The highest BCUT2D eigenvalue weighted by molar-refractivity contribution is 7.11. The molecule has 0 aliphatic carbocycles. The molecule has 1 heterocycles. The zero-order chi connectivity index (χ0) is 18.4. The zero-order valence-electron chi connectivity index (χ0n) is 15.4. The van der Waals surface area contributed by atoms with E-state index in [0.717, 1.165) is 22.2 Å². The van der Waals surface area contributed by atoms with Gasteiger partial charge in [-0.15, -0.1) is 11.3 Å². The van der Waals surface area contributed by atoms with Crippen molar-refractivity contribution in [3.63, 3.8) is 0 Å². The molecular formula is C18H26FN5S. The molecule has 0 saturated heterocycles. The van der Waals surface area contributed by atoms with Crippen molar-refractivity contribution < 1.29 is 4.39 Å². The fourth-order valence-corrected chi connectivity index (χ4v) is 3.48. The molecule has 2 aromatic rings. The van der Waals surface area contributed by atoms with Crippen molar-refractivity contribution in [1.29, 1.82) is 0 Å². The van der Waals surface area contributed by atoms with Crippen LogP contribution >= 0.6 is 11.3 Å². The van der Waals surface area contributed by atoms with Crippen LogP contribution in [0.4, 0.5) is 4.39 Å². The van der Waals surface area contributed by atoms with E-state index in [9.17, 15) is 4.39 Å². The van der Waals surface area contributed by atoms with E-state index >= 15 is 0 Å². The lowest BCUT2D eigenvalue weighted by atomic mass is 10.1. The predicted octanol–water partition coefficient (Wildman–Crippen LogP) is 2.87. The molecule has 1 aromatic heterocycles. The lowest BCUT2D eigenvalue weighted by molar-refractivity contribution is 0.298. The highest BCUT2D eigenvalue weighted by Gasteiger charge is 2.15. The maximum atomic E-state index is 13.2. The van der Waals surface area contributed by atoms with Crippen LogP contribution < -0.4 is 10.6 Å².